The van der Waals surface area contributed by atoms with Crippen LogP contribution in [0.4, 0.5) is 5.82 Å². The molecule has 0 bridgehead atoms. The van der Waals surface area contributed by atoms with Crippen molar-refractivity contribution in [1.82, 2.24) is 31.0 Å². The lowest BCUT2D eigenvalue weighted by atomic mass is 10.0. The normalized spacial score (nSPS) is 12.9. The molecule has 0 radical (unpaired) electrons. The second-order valence-corrected chi connectivity index (χ2v) is 9.15. The molecule has 0 saturated carbocycles. The zero-order valence-electron chi connectivity index (χ0n) is 22.9. The Kier molecular flexibility index (Phi) is 14.1. The molecular weight excluding hydrogens is 454 g/mol. The average Bonchev–Trinajstić information content (AvgIpc) is 3.30. The second kappa shape index (κ2) is 16.4. The van der Waals surface area contributed by atoms with Crippen LogP contribution in [-0.2, 0) is 4.84 Å². The number of hydrogen-bond acceptors (Lipinski definition) is 8. The Morgan fingerprint density at radius 1 is 1.19 bits per heavy atom. The molecule has 1 rings (SSSR count). The van der Waals surface area contributed by atoms with Crippen LogP contribution < -0.4 is 27.6 Å². The number of nitrogens with one attached hydrogen (secondary N) is 4. The van der Waals surface area contributed by atoms with Crippen molar-refractivity contribution in [3.63, 3.8) is 0 Å². The summed E-state index contributed by atoms with van der Waals surface area (Å²) in [5.41, 5.74) is 8.14. The SMILES string of the molecule is C=C(NC/C(=C/C(=C)C(C)C)ON)NC(=CC(N)=Nc1cc(C(C)C)[nH]n1)NCCCN(CC)CC. The van der Waals surface area contributed by atoms with E-state index in [9.17, 15) is 0 Å². The van der Waals surface area contributed by atoms with Crippen LogP contribution in [0.5, 0.6) is 0 Å². The van der Waals surface area contributed by atoms with E-state index in [1.807, 2.05) is 12.1 Å². The average molecular weight is 502 g/mol. The van der Waals surface area contributed by atoms with E-state index in [0.717, 1.165) is 43.9 Å². The monoisotopic (exact) mass is 501 g/mol. The summed E-state index contributed by atoms with van der Waals surface area (Å²) in [5, 5.41) is 17.0. The van der Waals surface area contributed by atoms with Gasteiger partial charge in [0.15, 0.2) is 5.82 Å². The quantitative estimate of drug-likeness (QED) is 0.0449. The molecule has 0 amide bonds. The lowest BCUT2D eigenvalue weighted by Gasteiger charge is -2.20. The number of aromatic amines is 1. The summed E-state index contributed by atoms with van der Waals surface area (Å²) < 4.78 is 0. The lowest BCUT2D eigenvalue weighted by molar-refractivity contribution is 0.213. The van der Waals surface area contributed by atoms with Gasteiger partial charge in [-0.3, -0.25) is 5.10 Å². The second-order valence-electron chi connectivity index (χ2n) is 9.15. The summed E-state index contributed by atoms with van der Waals surface area (Å²) in [5.74, 6) is 8.65. The van der Waals surface area contributed by atoms with Gasteiger partial charge in [0.05, 0.1) is 12.4 Å². The summed E-state index contributed by atoms with van der Waals surface area (Å²) in [4.78, 5) is 11.8. The zero-order valence-corrected chi connectivity index (χ0v) is 22.9. The summed E-state index contributed by atoms with van der Waals surface area (Å²) in [6, 6.07) is 1.89. The van der Waals surface area contributed by atoms with Gasteiger partial charge in [-0.05, 0) is 49.5 Å². The molecular formula is C26H47N9O. The van der Waals surface area contributed by atoms with E-state index in [0.29, 0.717) is 47.4 Å². The molecule has 8 N–H and O–H groups in total. The minimum Gasteiger partial charge on any atom is -0.414 e. The first-order valence-electron chi connectivity index (χ1n) is 12.6. The van der Waals surface area contributed by atoms with Gasteiger partial charge in [-0.1, -0.05) is 54.7 Å². The molecule has 1 heterocycles. The summed E-state index contributed by atoms with van der Waals surface area (Å²) in [7, 11) is 0. The first kappa shape index (κ1) is 30.8. The summed E-state index contributed by atoms with van der Waals surface area (Å²) >= 11 is 0. The molecule has 0 aliphatic rings. The van der Waals surface area contributed by atoms with Crippen molar-refractivity contribution in [3.8, 4) is 0 Å². The largest absolute Gasteiger partial charge is 0.414 e. The molecule has 202 valence electrons. The molecule has 0 spiro atoms. The van der Waals surface area contributed by atoms with E-state index in [2.05, 4.69) is 90.7 Å². The van der Waals surface area contributed by atoms with Crippen molar-refractivity contribution in [2.45, 2.75) is 53.9 Å². The van der Waals surface area contributed by atoms with E-state index in [1.54, 1.807) is 6.08 Å². The van der Waals surface area contributed by atoms with E-state index < -0.39 is 0 Å². The molecule has 0 aromatic carbocycles. The third-order valence-electron chi connectivity index (χ3n) is 5.60. The molecule has 0 fully saturated rings. The van der Waals surface area contributed by atoms with Gasteiger partial charge in [0.2, 0.25) is 0 Å². The third kappa shape index (κ3) is 11.9. The van der Waals surface area contributed by atoms with E-state index in [-0.39, 0.29) is 0 Å². The standard InChI is InChI=1S/C26H47N9O/c1-9-35(10-2)13-11-12-29-25(16-24(27)32-26-15-23(19(5)6)33-34-26)31-21(8)30-17-22(36-28)14-20(7)18(3)4/h14-16,18-19,29-31H,7-13,17,28H2,1-6H3,(H3,27,32,33,34)/b22-14-,25-16?. The summed E-state index contributed by atoms with van der Waals surface area (Å²) in [6.45, 7) is 24.9. The topological polar surface area (TPSA) is 142 Å². The van der Waals surface area contributed by atoms with Crippen LogP contribution in [0, 0.1) is 5.92 Å². The van der Waals surface area contributed by atoms with Crippen LogP contribution in [0.15, 0.2) is 59.3 Å². The maximum absolute atomic E-state index is 6.22. The third-order valence-corrected chi connectivity index (χ3v) is 5.60. The van der Waals surface area contributed by atoms with Gasteiger partial charge in [-0.25, -0.2) is 4.99 Å². The first-order chi connectivity index (χ1) is 17.1. The van der Waals surface area contributed by atoms with Crippen LogP contribution in [0.25, 0.3) is 0 Å². The highest BCUT2D eigenvalue weighted by atomic mass is 16.6. The van der Waals surface area contributed by atoms with Gasteiger partial charge in [0, 0.05) is 24.4 Å². The highest BCUT2D eigenvalue weighted by molar-refractivity contribution is 5.93. The van der Waals surface area contributed by atoms with Crippen molar-refractivity contribution in [2.24, 2.45) is 22.5 Å². The molecule has 0 saturated heterocycles. The molecule has 0 aliphatic heterocycles. The van der Waals surface area contributed by atoms with Crippen molar-refractivity contribution < 1.29 is 4.84 Å². The van der Waals surface area contributed by atoms with Crippen LogP contribution in [0.1, 0.15) is 59.6 Å². The number of H-pyrrole nitrogens is 1. The Labute approximate surface area is 217 Å². The van der Waals surface area contributed by atoms with Crippen molar-refractivity contribution >= 4 is 11.7 Å². The predicted octanol–water partition coefficient (Wildman–Crippen LogP) is 3.32. The minimum absolute atomic E-state index is 0.292. The number of nitrogens with zero attached hydrogens (tertiary/aromatic N) is 3. The molecule has 0 atom stereocenters. The molecule has 36 heavy (non-hydrogen) atoms. The first-order valence-corrected chi connectivity index (χ1v) is 12.6. The van der Waals surface area contributed by atoms with Gasteiger partial charge in [-0.15, -0.1) is 0 Å². The number of amidine groups is 1. The Morgan fingerprint density at radius 2 is 1.89 bits per heavy atom. The molecule has 0 aliphatic carbocycles. The fraction of sp³-hybridized carbons (Fsp3) is 0.538. The van der Waals surface area contributed by atoms with E-state index in [1.165, 1.54) is 0 Å². The number of allylic oxidation sites excluding steroid dienone is 2. The van der Waals surface area contributed by atoms with Gasteiger partial charge in [-0.2, -0.15) is 11.0 Å². The van der Waals surface area contributed by atoms with Crippen molar-refractivity contribution in [3.05, 3.63) is 60.0 Å². The number of hydrogen-bond donors (Lipinski definition) is 6. The van der Waals surface area contributed by atoms with Crippen LogP contribution in [0.2, 0.25) is 0 Å². The maximum atomic E-state index is 6.22. The van der Waals surface area contributed by atoms with Crippen molar-refractivity contribution in [2.75, 3.05) is 32.7 Å². The highest BCUT2D eigenvalue weighted by Crippen LogP contribution is 2.16. The number of aliphatic imine (C=N–C) groups is 1. The van der Waals surface area contributed by atoms with Crippen LogP contribution in [-0.4, -0.2) is 53.7 Å². The van der Waals surface area contributed by atoms with Gasteiger partial charge < -0.3 is 31.4 Å². The highest BCUT2D eigenvalue weighted by Gasteiger charge is 2.07. The molecule has 1 aromatic heterocycles. The fourth-order valence-electron chi connectivity index (χ4n) is 3.09. The van der Waals surface area contributed by atoms with Gasteiger partial charge >= 0.3 is 0 Å². The predicted molar refractivity (Wildman–Crippen MR) is 150 cm³/mol. The van der Waals surface area contributed by atoms with E-state index in [4.69, 9.17) is 16.5 Å². The van der Waals surface area contributed by atoms with Gasteiger partial charge in [0.1, 0.15) is 17.4 Å². The molecule has 1 aromatic rings. The lowest BCUT2D eigenvalue weighted by Crippen LogP contribution is -2.35. The minimum atomic E-state index is 0.292. The Hall–Kier alpha value is -3.24. The molecule has 10 nitrogen and oxygen atoms in total. The van der Waals surface area contributed by atoms with Gasteiger partial charge in [0.25, 0.3) is 0 Å². The Balaban J connectivity index is 2.89. The smallest absolute Gasteiger partial charge is 0.175 e. The number of aromatic nitrogens is 2. The Morgan fingerprint density at radius 3 is 2.44 bits per heavy atom. The zero-order chi connectivity index (χ0) is 27.1. The van der Waals surface area contributed by atoms with E-state index >= 15 is 0 Å². The van der Waals surface area contributed by atoms with Crippen LogP contribution in [0.3, 0.4) is 0 Å². The molecule has 10 heteroatoms. The number of nitrogens with two attached hydrogens (primary N) is 2. The Bertz CT molecular complexity index is 908. The summed E-state index contributed by atoms with van der Waals surface area (Å²) in [6.07, 6.45) is 4.53. The maximum Gasteiger partial charge on any atom is 0.175 e. The molecule has 0 unspecified atom stereocenters. The van der Waals surface area contributed by atoms with Crippen molar-refractivity contribution in [1.29, 1.82) is 0 Å². The van der Waals surface area contributed by atoms with Crippen LogP contribution >= 0.6 is 0 Å². The number of rotatable bonds is 18. The fourth-order valence-corrected chi connectivity index (χ4v) is 3.09.